The highest BCUT2D eigenvalue weighted by atomic mass is 16.5. The molecule has 2 unspecified atom stereocenters. The van der Waals surface area contributed by atoms with Gasteiger partial charge in [-0.1, -0.05) is 24.0 Å². The normalized spacial score (nSPS) is 12.3. The number of aryl methyl sites for hydroxylation is 1. The van der Waals surface area contributed by atoms with Gasteiger partial charge < -0.3 is 15.2 Å². The summed E-state index contributed by atoms with van der Waals surface area (Å²) in [6, 6.07) is 15.4. The molecule has 0 saturated heterocycles. The van der Waals surface area contributed by atoms with Gasteiger partial charge in [-0.15, -0.1) is 0 Å². The Morgan fingerprint density at radius 2 is 1.61 bits per heavy atom. The van der Waals surface area contributed by atoms with Gasteiger partial charge in [0.05, 0.1) is 18.9 Å². The predicted molar refractivity (Wildman–Crippen MR) is 116 cm³/mol. The number of rotatable bonds is 5. The number of carbonyl (C=O) groups excluding carboxylic acids is 2. The molecule has 0 aliphatic carbocycles. The largest absolute Gasteiger partial charge is 0.467 e. The van der Waals surface area contributed by atoms with Crippen LogP contribution in [0.3, 0.4) is 0 Å². The molecule has 3 aromatic rings. The van der Waals surface area contributed by atoms with Crippen LogP contribution in [-0.2, 0) is 16.6 Å². The van der Waals surface area contributed by atoms with Crippen LogP contribution in [0.1, 0.15) is 28.4 Å². The summed E-state index contributed by atoms with van der Waals surface area (Å²) < 4.78 is 6.41. The first kappa shape index (κ1) is 21.8. The number of aliphatic hydroxyl groups excluding tert-OH is 1. The fourth-order valence-electron chi connectivity index (χ4n) is 2.96. The molecule has 2 aromatic carbocycles. The van der Waals surface area contributed by atoms with E-state index in [0.717, 1.165) is 22.4 Å². The molecule has 31 heavy (non-hydrogen) atoms. The summed E-state index contributed by atoms with van der Waals surface area (Å²) in [5.41, 5.74) is 4.04. The lowest BCUT2D eigenvalue weighted by molar-refractivity contribution is -0.145. The van der Waals surface area contributed by atoms with Crippen molar-refractivity contribution in [1.29, 1.82) is 0 Å². The number of amides is 1. The lowest BCUT2D eigenvalue weighted by atomic mass is 10.1. The van der Waals surface area contributed by atoms with Gasteiger partial charge in [0.2, 0.25) is 0 Å². The minimum absolute atomic E-state index is 0.348. The zero-order valence-corrected chi connectivity index (χ0v) is 17.5. The Bertz CT molecular complexity index is 1120. The lowest BCUT2D eigenvalue weighted by Gasteiger charge is -2.18. The van der Waals surface area contributed by atoms with Crippen LogP contribution in [-0.4, -0.2) is 46.0 Å². The van der Waals surface area contributed by atoms with Crippen LogP contribution in [0.25, 0.3) is 11.3 Å². The third kappa shape index (κ3) is 5.38. The van der Waals surface area contributed by atoms with E-state index in [1.165, 1.54) is 14.0 Å². The molecule has 0 saturated carbocycles. The maximum absolute atomic E-state index is 12.4. The second-order valence-electron chi connectivity index (χ2n) is 6.96. The number of ether oxygens (including phenoxy) is 1. The Balaban J connectivity index is 1.67. The predicted octanol–water partition coefficient (Wildman–Crippen LogP) is 2.14. The van der Waals surface area contributed by atoms with Crippen LogP contribution in [0, 0.1) is 11.8 Å². The number of nitrogens with one attached hydrogen (secondary N) is 1. The Morgan fingerprint density at radius 3 is 2.10 bits per heavy atom. The molecule has 1 amide bonds. The number of esters is 1. The smallest absolute Gasteiger partial charge is 0.331 e. The number of nitrogens with zero attached hydrogens (tertiary/aromatic N) is 2. The van der Waals surface area contributed by atoms with E-state index in [1.54, 1.807) is 30.5 Å². The molecule has 0 bridgehead atoms. The van der Waals surface area contributed by atoms with Gasteiger partial charge in [0.1, 0.15) is 0 Å². The number of aromatic nitrogens is 2. The number of benzene rings is 2. The first-order valence-corrected chi connectivity index (χ1v) is 9.66. The average molecular weight is 417 g/mol. The summed E-state index contributed by atoms with van der Waals surface area (Å²) >= 11 is 0. The van der Waals surface area contributed by atoms with Gasteiger partial charge in [0, 0.05) is 29.9 Å². The number of hydrogen-bond acceptors (Lipinski definition) is 5. The van der Waals surface area contributed by atoms with Gasteiger partial charge in [0.25, 0.3) is 5.91 Å². The Morgan fingerprint density at radius 1 is 1.03 bits per heavy atom. The third-order valence-electron chi connectivity index (χ3n) is 4.72. The average Bonchev–Trinajstić information content (AvgIpc) is 3.21. The van der Waals surface area contributed by atoms with Crippen molar-refractivity contribution in [2.45, 2.75) is 19.1 Å². The zero-order valence-electron chi connectivity index (χ0n) is 17.5. The van der Waals surface area contributed by atoms with Crippen LogP contribution in [0.15, 0.2) is 60.8 Å². The van der Waals surface area contributed by atoms with Gasteiger partial charge in [-0.2, -0.15) is 5.10 Å². The SMILES string of the molecule is COC(=O)C(NC(=O)c1ccc(C#Cc2ccc(-c3ccnn3C)cc2)cc1)C(C)O. The highest BCUT2D eigenvalue weighted by Gasteiger charge is 2.26. The Labute approximate surface area is 180 Å². The maximum atomic E-state index is 12.4. The first-order chi connectivity index (χ1) is 14.9. The summed E-state index contributed by atoms with van der Waals surface area (Å²) in [5.74, 6) is 4.97. The standard InChI is InChI=1S/C24H23N3O4/c1-16(28)22(24(30)31-3)26-23(29)20-12-8-18(9-13-20)5-4-17-6-10-19(11-7-17)21-14-15-25-27(21)2/h6-16,22,28H,1-3H3,(H,26,29). The molecule has 0 fully saturated rings. The van der Waals surface area contributed by atoms with Crippen LogP contribution >= 0.6 is 0 Å². The molecule has 0 aliphatic rings. The fourth-order valence-corrected chi connectivity index (χ4v) is 2.96. The number of hydrogen-bond donors (Lipinski definition) is 2. The Hall–Kier alpha value is -3.89. The van der Waals surface area contributed by atoms with Crippen molar-refractivity contribution >= 4 is 11.9 Å². The molecular weight excluding hydrogens is 394 g/mol. The van der Waals surface area contributed by atoms with Crippen molar-refractivity contribution in [3.05, 3.63) is 77.5 Å². The van der Waals surface area contributed by atoms with Crippen LogP contribution in [0.5, 0.6) is 0 Å². The summed E-state index contributed by atoms with van der Waals surface area (Å²) in [4.78, 5) is 24.0. The van der Waals surface area contributed by atoms with Crippen molar-refractivity contribution in [3.63, 3.8) is 0 Å². The van der Waals surface area contributed by atoms with Crippen molar-refractivity contribution in [2.24, 2.45) is 7.05 Å². The first-order valence-electron chi connectivity index (χ1n) is 9.66. The van der Waals surface area contributed by atoms with Crippen LogP contribution in [0.4, 0.5) is 0 Å². The van der Waals surface area contributed by atoms with E-state index in [4.69, 9.17) is 0 Å². The van der Waals surface area contributed by atoms with E-state index in [9.17, 15) is 14.7 Å². The van der Waals surface area contributed by atoms with Crippen molar-refractivity contribution in [3.8, 4) is 23.1 Å². The molecule has 1 aromatic heterocycles. The molecule has 2 N–H and O–H groups in total. The molecule has 0 radical (unpaired) electrons. The highest BCUT2D eigenvalue weighted by Crippen LogP contribution is 2.18. The molecule has 158 valence electrons. The molecule has 2 atom stereocenters. The van der Waals surface area contributed by atoms with E-state index in [2.05, 4.69) is 27.0 Å². The van der Waals surface area contributed by atoms with Gasteiger partial charge in [-0.05, 0) is 55.0 Å². The van der Waals surface area contributed by atoms with Crippen molar-refractivity contribution < 1.29 is 19.4 Å². The van der Waals surface area contributed by atoms with Gasteiger partial charge in [-0.3, -0.25) is 9.48 Å². The Kier molecular flexibility index (Phi) is 6.85. The van der Waals surface area contributed by atoms with Crippen LogP contribution in [0.2, 0.25) is 0 Å². The van der Waals surface area contributed by atoms with Crippen LogP contribution < -0.4 is 5.32 Å². The second-order valence-corrected chi connectivity index (χ2v) is 6.96. The lowest BCUT2D eigenvalue weighted by Crippen LogP contribution is -2.48. The van der Waals surface area contributed by atoms with E-state index in [1.807, 2.05) is 42.1 Å². The molecule has 7 heteroatoms. The molecule has 0 aliphatic heterocycles. The van der Waals surface area contributed by atoms with E-state index in [-0.39, 0.29) is 0 Å². The summed E-state index contributed by atoms with van der Waals surface area (Å²) in [7, 11) is 3.09. The minimum atomic E-state index is -1.13. The van der Waals surface area contributed by atoms with Gasteiger partial charge in [0.15, 0.2) is 6.04 Å². The zero-order chi connectivity index (χ0) is 22.4. The molecule has 0 spiro atoms. The molecule has 7 nitrogen and oxygen atoms in total. The monoisotopic (exact) mass is 417 g/mol. The summed E-state index contributed by atoms with van der Waals surface area (Å²) in [6.07, 6.45) is 0.679. The van der Waals surface area contributed by atoms with Crippen molar-refractivity contribution in [2.75, 3.05) is 7.11 Å². The number of aliphatic hydroxyl groups is 1. The van der Waals surface area contributed by atoms with Crippen molar-refractivity contribution in [1.82, 2.24) is 15.1 Å². The highest BCUT2D eigenvalue weighted by molar-refractivity contribution is 5.97. The molecule has 3 rings (SSSR count). The molecular formula is C24H23N3O4. The minimum Gasteiger partial charge on any atom is -0.467 e. The fraction of sp³-hybridized carbons (Fsp3) is 0.208. The summed E-state index contributed by atoms with van der Waals surface area (Å²) in [6.45, 7) is 1.41. The topological polar surface area (TPSA) is 93.5 Å². The molecule has 1 heterocycles. The second kappa shape index (κ2) is 9.74. The van der Waals surface area contributed by atoms with Gasteiger partial charge >= 0.3 is 5.97 Å². The third-order valence-corrected chi connectivity index (χ3v) is 4.72. The maximum Gasteiger partial charge on any atom is 0.331 e. The quantitative estimate of drug-likeness (QED) is 0.490. The summed E-state index contributed by atoms with van der Waals surface area (Å²) in [5, 5.41) is 16.3. The van der Waals surface area contributed by atoms with E-state index in [0.29, 0.717) is 5.56 Å². The van der Waals surface area contributed by atoms with E-state index >= 15 is 0 Å². The van der Waals surface area contributed by atoms with Gasteiger partial charge in [-0.25, -0.2) is 4.79 Å². The van der Waals surface area contributed by atoms with E-state index < -0.39 is 24.0 Å². The number of carbonyl (C=O) groups is 2. The number of methoxy groups -OCH3 is 1.